The Kier molecular flexibility index (Phi) is 5.86. The minimum Gasteiger partial charge on any atom is -0.374 e. The molecular weight excluding hydrogens is 369 g/mol. The van der Waals surface area contributed by atoms with Gasteiger partial charge in [-0.2, -0.15) is 0 Å². The highest BCUT2D eigenvalue weighted by atomic mass is 35.5. The molecule has 0 saturated heterocycles. The zero-order valence-electron chi connectivity index (χ0n) is 13.5. The van der Waals surface area contributed by atoms with Crippen molar-refractivity contribution in [1.82, 2.24) is 0 Å². The summed E-state index contributed by atoms with van der Waals surface area (Å²) in [5.41, 5.74) is 1.45. The quantitative estimate of drug-likeness (QED) is 0.712. The van der Waals surface area contributed by atoms with Crippen molar-refractivity contribution in [1.29, 1.82) is 0 Å². The van der Waals surface area contributed by atoms with Crippen LogP contribution >= 0.6 is 11.6 Å². The Morgan fingerprint density at radius 3 is 2.20 bits per heavy atom. The van der Waals surface area contributed by atoms with E-state index in [1.807, 2.05) is 0 Å². The van der Waals surface area contributed by atoms with Crippen molar-refractivity contribution in [3.8, 4) is 0 Å². The van der Waals surface area contributed by atoms with E-state index in [-0.39, 0.29) is 10.9 Å². The standard InChI is InChI=1S/C16H17ClFN3O3S/c1-10(16(22)20-13-7-8-15(18)14(17)9-13)19-11-3-5-12(6-4-11)21-25(2,23)24/h3-10,19,21H,1-2H3,(H,20,22). The summed E-state index contributed by atoms with van der Waals surface area (Å²) in [5, 5.41) is 5.53. The maximum absolute atomic E-state index is 13.1. The maximum Gasteiger partial charge on any atom is 0.246 e. The van der Waals surface area contributed by atoms with Crippen LogP contribution in [-0.4, -0.2) is 26.6 Å². The number of carbonyl (C=O) groups excluding carboxylic acids is 1. The fraction of sp³-hybridized carbons (Fsp3) is 0.188. The van der Waals surface area contributed by atoms with Gasteiger partial charge in [0.25, 0.3) is 0 Å². The molecule has 25 heavy (non-hydrogen) atoms. The number of hydrogen-bond donors (Lipinski definition) is 3. The van der Waals surface area contributed by atoms with Crippen LogP contribution in [0.2, 0.25) is 5.02 Å². The summed E-state index contributed by atoms with van der Waals surface area (Å²) in [6.45, 7) is 1.66. The topological polar surface area (TPSA) is 87.3 Å². The number of benzene rings is 2. The molecule has 0 heterocycles. The number of amides is 1. The number of carbonyl (C=O) groups is 1. The normalized spacial score (nSPS) is 12.3. The van der Waals surface area contributed by atoms with Crippen molar-refractivity contribution in [2.24, 2.45) is 0 Å². The van der Waals surface area contributed by atoms with Crippen LogP contribution in [0.15, 0.2) is 42.5 Å². The molecule has 0 aliphatic heterocycles. The molecule has 2 aromatic rings. The van der Waals surface area contributed by atoms with Crippen LogP contribution in [0, 0.1) is 5.82 Å². The summed E-state index contributed by atoms with van der Waals surface area (Å²) in [6.07, 6.45) is 1.06. The molecule has 1 unspecified atom stereocenters. The summed E-state index contributed by atoms with van der Waals surface area (Å²) in [5.74, 6) is -0.894. The molecule has 0 aliphatic carbocycles. The van der Waals surface area contributed by atoms with Gasteiger partial charge in [-0.25, -0.2) is 12.8 Å². The lowest BCUT2D eigenvalue weighted by Crippen LogP contribution is -2.31. The highest BCUT2D eigenvalue weighted by molar-refractivity contribution is 7.92. The maximum atomic E-state index is 13.1. The first-order chi connectivity index (χ1) is 11.6. The van der Waals surface area contributed by atoms with Crippen LogP contribution in [0.1, 0.15) is 6.92 Å². The van der Waals surface area contributed by atoms with E-state index in [4.69, 9.17) is 11.6 Å². The number of nitrogens with one attached hydrogen (secondary N) is 3. The number of hydrogen-bond acceptors (Lipinski definition) is 4. The van der Waals surface area contributed by atoms with Gasteiger partial charge in [-0.1, -0.05) is 11.6 Å². The summed E-state index contributed by atoms with van der Waals surface area (Å²) >= 11 is 5.68. The first-order valence-electron chi connectivity index (χ1n) is 7.24. The molecule has 6 nitrogen and oxygen atoms in total. The van der Waals surface area contributed by atoms with Gasteiger partial charge in [0.05, 0.1) is 11.3 Å². The fourth-order valence-electron chi connectivity index (χ4n) is 1.99. The summed E-state index contributed by atoms with van der Waals surface area (Å²) in [6, 6.07) is 9.77. The van der Waals surface area contributed by atoms with Crippen LogP contribution < -0.4 is 15.4 Å². The van der Waals surface area contributed by atoms with E-state index in [2.05, 4.69) is 15.4 Å². The molecular formula is C16H17ClFN3O3S. The van der Waals surface area contributed by atoms with Crippen LogP contribution in [0.3, 0.4) is 0 Å². The molecule has 134 valence electrons. The molecule has 0 bridgehead atoms. The third kappa shape index (κ3) is 5.91. The molecule has 2 rings (SSSR count). The Hall–Kier alpha value is -2.32. The van der Waals surface area contributed by atoms with Gasteiger partial charge in [-0.05, 0) is 49.4 Å². The van der Waals surface area contributed by atoms with Gasteiger partial charge in [-0.3, -0.25) is 9.52 Å². The van der Waals surface area contributed by atoms with Gasteiger partial charge in [0.1, 0.15) is 11.9 Å². The first kappa shape index (κ1) is 19.0. The van der Waals surface area contributed by atoms with E-state index in [1.165, 1.54) is 18.2 Å². The molecule has 1 atom stereocenters. The Bertz CT molecular complexity index is 873. The number of anilines is 3. The van der Waals surface area contributed by atoms with Gasteiger partial charge in [0.2, 0.25) is 15.9 Å². The van der Waals surface area contributed by atoms with E-state index in [1.54, 1.807) is 31.2 Å². The number of sulfonamides is 1. The molecule has 3 N–H and O–H groups in total. The number of rotatable bonds is 6. The lowest BCUT2D eigenvalue weighted by molar-refractivity contribution is -0.116. The van der Waals surface area contributed by atoms with Gasteiger partial charge in [-0.15, -0.1) is 0 Å². The molecule has 0 spiro atoms. The minimum absolute atomic E-state index is 0.0765. The molecule has 1 amide bonds. The van der Waals surface area contributed by atoms with Crippen LogP contribution in [0.25, 0.3) is 0 Å². The van der Waals surface area contributed by atoms with E-state index in [0.29, 0.717) is 17.1 Å². The largest absolute Gasteiger partial charge is 0.374 e. The predicted octanol–water partition coefficient (Wildman–Crippen LogP) is 3.29. The van der Waals surface area contributed by atoms with E-state index >= 15 is 0 Å². The van der Waals surface area contributed by atoms with Crippen molar-refractivity contribution in [2.45, 2.75) is 13.0 Å². The summed E-state index contributed by atoms with van der Waals surface area (Å²) in [4.78, 5) is 12.2. The van der Waals surface area contributed by atoms with Crippen LogP contribution in [0.4, 0.5) is 21.5 Å². The van der Waals surface area contributed by atoms with Crippen molar-refractivity contribution in [3.05, 3.63) is 53.3 Å². The summed E-state index contributed by atoms with van der Waals surface area (Å²) in [7, 11) is -3.34. The summed E-state index contributed by atoms with van der Waals surface area (Å²) < 4.78 is 37.8. The van der Waals surface area contributed by atoms with E-state index < -0.39 is 21.9 Å². The Balaban J connectivity index is 1.97. The highest BCUT2D eigenvalue weighted by Crippen LogP contribution is 2.20. The van der Waals surface area contributed by atoms with E-state index in [9.17, 15) is 17.6 Å². The minimum atomic E-state index is -3.34. The molecule has 0 aromatic heterocycles. The zero-order chi connectivity index (χ0) is 18.6. The number of halogens is 2. The monoisotopic (exact) mass is 385 g/mol. The Morgan fingerprint density at radius 1 is 1.08 bits per heavy atom. The van der Waals surface area contributed by atoms with Gasteiger partial charge >= 0.3 is 0 Å². The third-order valence-corrected chi connectivity index (χ3v) is 4.05. The van der Waals surface area contributed by atoms with Gasteiger partial charge in [0, 0.05) is 17.1 Å². The molecule has 0 radical (unpaired) electrons. The van der Waals surface area contributed by atoms with Crippen LogP contribution in [0.5, 0.6) is 0 Å². The van der Waals surface area contributed by atoms with Crippen molar-refractivity contribution >= 4 is 44.6 Å². The lowest BCUT2D eigenvalue weighted by atomic mass is 10.2. The Morgan fingerprint density at radius 2 is 1.64 bits per heavy atom. The lowest BCUT2D eigenvalue weighted by Gasteiger charge is -2.16. The van der Waals surface area contributed by atoms with Crippen molar-refractivity contribution in [3.63, 3.8) is 0 Å². The molecule has 2 aromatic carbocycles. The average Bonchev–Trinajstić information content (AvgIpc) is 2.51. The Labute approximate surface area is 150 Å². The third-order valence-electron chi connectivity index (χ3n) is 3.15. The SMILES string of the molecule is CC(Nc1ccc(NS(C)(=O)=O)cc1)C(=O)Nc1ccc(F)c(Cl)c1. The average molecular weight is 386 g/mol. The van der Waals surface area contributed by atoms with E-state index in [0.717, 1.165) is 6.26 Å². The second kappa shape index (κ2) is 7.71. The first-order valence-corrected chi connectivity index (χ1v) is 9.51. The van der Waals surface area contributed by atoms with Gasteiger partial charge in [0.15, 0.2) is 0 Å². The van der Waals surface area contributed by atoms with Crippen molar-refractivity contribution < 1.29 is 17.6 Å². The molecule has 0 aliphatic rings. The smallest absolute Gasteiger partial charge is 0.246 e. The zero-order valence-corrected chi connectivity index (χ0v) is 15.1. The van der Waals surface area contributed by atoms with Gasteiger partial charge < -0.3 is 10.6 Å². The second-order valence-corrected chi connectivity index (χ2v) is 7.59. The van der Waals surface area contributed by atoms with Crippen molar-refractivity contribution in [2.75, 3.05) is 21.6 Å². The van der Waals surface area contributed by atoms with Crippen LogP contribution in [-0.2, 0) is 14.8 Å². The fourth-order valence-corrected chi connectivity index (χ4v) is 2.73. The molecule has 0 saturated carbocycles. The predicted molar refractivity (Wildman–Crippen MR) is 98.0 cm³/mol. The molecule has 9 heteroatoms. The second-order valence-electron chi connectivity index (χ2n) is 5.44. The molecule has 0 fully saturated rings. The highest BCUT2D eigenvalue weighted by Gasteiger charge is 2.13.